The average Bonchev–Trinajstić information content (AvgIpc) is 2.25. The minimum absolute atomic E-state index is 0.529. The third-order valence-corrected chi connectivity index (χ3v) is 1.66. The van der Waals surface area contributed by atoms with Crippen LogP contribution in [0.2, 0.25) is 0 Å². The van der Waals surface area contributed by atoms with Gasteiger partial charge in [-0.05, 0) is 5.56 Å². The van der Waals surface area contributed by atoms with Crippen LogP contribution in [-0.2, 0) is 11.3 Å². The maximum Gasteiger partial charge on any atom is 0.329 e. The van der Waals surface area contributed by atoms with E-state index in [4.69, 9.17) is 9.84 Å². The number of methoxy groups -OCH3 is 1. The number of hydrogen-bond acceptors (Lipinski definition) is 4. The first-order valence-corrected chi connectivity index (χ1v) is 4.34. The molecule has 0 aliphatic heterocycles. The van der Waals surface area contributed by atoms with Crippen molar-refractivity contribution in [1.29, 1.82) is 0 Å². The second-order valence-electron chi connectivity index (χ2n) is 2.76. The first kappa shape index (κ1) is 11.0. The number of nitrogens with one attached hydrogen (secondary N) is 1. The zero-order valence-electron chi connectivity index (χ0n) is 8.30. The Morgan fingerprint density at radius 1 is 1.67 bits per heavy atom. The highest BCUT2D eigenvalue weighted by molar-refractivity contribution is 5.79. The first-order valence-electron chi connectivity index (χ1n) is 4.34. The van der Waals surface area contributed by atoms with Gasteiger partial charge in [0.2, 0.25) is 5.88 Å². The minimum Gasteiger partial charge on any atom is -0.481 e. The number of carboxylic acid groups (broad SMARTS) is 1. The number of hydrogen-bond donors (Lipinski definition) is 2. The second-order valence-corrected chi connectivity index (χ2v) is 2.76. The number of carbonyl (C=O) groups is 1. The van der Waals surface area contributed by atoms with Crippen molar-refractivity contribution in [2.24, 2.45) is 0 Å². The molecule has 0 radical (unpaired) electrons. The molecule has 1 aromatic rings. The van der Waals surface area contributed by atoms with Gasteiger partial charge in [0.05, 0.1) is 7.11 Å². The van der Waals surface area contributed by atoms with Gasteiger partial charge in [-0.2, -0.15) is 0 Å². The highest BCUT2D eigenvalue weighted by atomic mass is 16.5. The molecule has 80 valence electrons. The van der Waals surface area contributed by atoms with Crippen LogP contribution in [0.3, 0.4) is 0 Å². The van der Waals surface area contributed by atoms with Crippen molar-refractivity contribution in [3.05, 3.63) is 36.2 Å². The lowest BCUT2D eigenvalue weighted by Crippen LogP contribution is -2.05. The summed E-state index contributed by atoms with van der Waals surface area (Å²) in [6.07, 6.45) is 4.09. The summed E-state index contributed by atoms with van der Waals surface area (Å²) in [7, 11) is 1.55. The molecule has 0 amide bonds. The van der Waals surface area contributed by atoms with E-state index in [0.717, 1.165) is 11.6 Å². The molecule has 1 heterocycles. The lowest BCUT2D eigenvalue weighted by Gasteiger charge is -2.02. The van der Waals surface area contributed by atoms with E-state index < -0.39 is 5.97 Å². The molecule has 0 aliphatic carbocycles. The van der Waals surface area contributed by atoms with Crippen LogP contribution in [0.5, 0.6) is 5.88 Å². The van der Waals surface area contributed by atoms with E-state index >= 15 is 0 Å². The average molecular weight is 208 g/mol. The normalized spacial score (nSPS) is 10.2. The predicted molar refractivity (Wildman–Crippen MR) is 54.4 cm³/mol. The van der Waals surface area contributed by atoms with Crippen LogP contribution in [0.25, 0.3) is 0 Å². The summed E-state index contributed by atoms with van der Waals surface area (Å²) in [6, 6.07) is 3.60. The number of pyridine rings is 1. The largest absolute Gasteiger partial charge is 0.481 e. The maximum atomic E-state index is 10.1. The fraction of sp³-hybridized carbons (Fsp3) is 0.200. The van der Waals surface area contributed by atoms with Gasteiger partial charge in [-0.15, -0.1) is 0 Å². The number of rotatable bonds is 5. The molecule has 5 heteroatoms. The summed E-state index contributed by atoms with van der Waals surface area (Å²) in [5.74, 6) is -0.421. The van der Waals surface area contributed by atoms with E-state index in [1.807, 2.05) is 6.07 Å². The third-order valence-electron chi connectivity index (χ3n) is 1.66. The molecule has 0 spiro atoms. The fourth-order valence-corrected chi connectivity index (χ4v) is 0.943. The molecule has 5 nitrogen and oxygen atoms in total. The number of aromatic nitrogens is 1. The van der Waals surface area contributed by atoms with Gasteiger partial charge in [0.15, 0.2) is 0 Å². The molecule has 2 N–H and O–H groups in total. The Balaban J connectivity index is 2.41. The van der Waals surface area contributed by atoms with Crippen molar-refractivity contribution in [1.82, 2.24) is 10.3 Å². The van der Waals surface area contributed by atoms with Gasteiger partial charge < -0.3 is 15.2 Å². The monoisotopic (exact) mass is 208 g/mol. The van der Waals surface area contributed by atoms with Gasteiger partial charge in [-0.1, -0.05) is 6.07 Å². The molecule has 0 bridgehead atoms. The highest BCUT2D eigenvalue weighted by Crippen LogP contribution is 2.05. The zero-order chi connectivity index (χ0) is 11.1. The molecular formula is C10H12N2O3. The van der Waals surface area contributed by atoms with Crippen LogP contribution in [-0.4, -0.2) is 23.2 Å². The lowest BCUT2D eigenvalue weighted by atomic mass is 10.3. The van der Waals surface area contributed by atoms with Crippen molar-refractivity contribution in [3.63, 3.8) is 0 Å². The smallest absolute Gasteiger partial charge is 0.329 e. The van der Waals surface area contributed by atoms with Gasteiger partial charge in [0, 0.05) is 31.1 Å². The molecule has 0 saturated carbocycles. The number of ether oxygens (including phenoxy) is 1. The summed E-state index contributed by atoms with van der Waals surface area (Å²) < 4.78 is 4.90. The Morgan fingerprint density at radius 2 is 2.47 bits per heavy atom. The summed E-state index contributed by atoms with van der Waals surface area (Å²) in [5, 5.41) is 11.2. The maximum absolute atomic E-state index is 10.1. The van der Waals surface area contributed by atoms with E-state index in [0.29, 0.717) is 12.4 Å². The molecule has 0 aliphatic rings. The van der Waals surface area contributed by atoms with Gasteiger partial charge in [-0.3, -0.25) is 0 Å². The van der Waals surface area contributed by atoms with E-state index in [2.05, 4.69) is 10.3 Å². The Kier molecular flexibility index (Phi) is 4.15. The highest BCUT2D eigenvalue weighted by Gasteiger charge is 1.93. The van der Waals surface area contributed by atoms with Crippen molar-refractivity contribution < 1.29 is 14.6 Å². The number of carboxylic acids is 1. The molecule has 0 aromatic carbocycles. The van der Waals surface area contributed by atoms with Crippen LogP contribution in [0.4, 0.5) is 0 Å². The van der Waals surface area contributed by atoms with Crippen LogP contribution in [0.15, 0.2) is 30.6 Å². The van der Waals surface area contributed by atoms with Crippen LogP contribution in [0, 0.1) is 0 Å². The second kappa shape index (κ2) is 5.64. The van der Waals surface area contributed by atoms with Crippen molar-refractivity contribution in [2.75, 3.05) is 7.11 Å². The molecule has 0 saturated heterocycles. The van der Waals surface area contributed by atoms with Gasteiger partial charge in [0.25, 0.3) is 0 Å². The Morgan fingerprint density at radius 3 is 3.00 bits per heavy atom. The van der Waals surface area contributed by atoms with E-state index in [1.165, 1.54) is 6.20 Å². The SMILES string of the molecule is COc1ccc(CN/C=C/C(=O)O)cn1. The molecule has 0 atom stereocenters. The van der Waals surface area contributed by atoms with Gasteiger partial charge in [0.1, 0.15) is 0 Å². The molecule has 15 heavy (non-hydrogen) atoms. The Bertz CT molecular complexity index is 346. The molecule has 0 unspecified atom stereocenters. The molecule has 1 aromatic heterocycles. The zero-order valence-corrected chi connectivity index (χ0v) is 8.30. The van der Waals surface area contributed by atoms with E-state index in [-0.39, 0.29) is 0 Å². The molecular weight excluding hydrogens is 196 g/mol. The summed E-state index contributed by atoms with van der Waals surface area (Å²) in [6.45, 7) is 0.529. The topological polar surface area (TPSA) is 71.5 Å². The number of nitrogens with zero attached hydrogens (tertiary/aromatic N) is 1. The fourth-order valence-electron chi connectivity index (χ4n) is 0.943. The van der Waals surface area contributed by atoms with Gasteiger partial charge >= 0.3 is 5.97 Å². The van der Waals surface area contributed by atoms with Crippen molar-refractivity contribution >= 4 is 5.97 Å². The summed E-state index contributed by atoms with van der Waals surface area (Å²) >= 11 is 0. The lowest BCUT2D eigenvalue weighted by molar-refractivity contribution is -0.131. The number of aliphatic carboxylic acids is 1. The van der Waals surface area contributed by atoms with E-state index in [9.17, 15) is 4.79 Å². The molecule has 1 rings (SSSR count). The summed E-state index contributed by atoms with van der Waals surface area (Å²) in [5.41, 5.74) is 0.950. The van der Waals surface area contributed by atoms with Crippen LogP contribution in [0.1, 0.15) is 5.56 Å². The minimum atomic E-state index is -0.977. The van der Waals surface area contributed by atoms with Crippen LogP contribution >= 0.6 is 0 Å². The standard InChI is InChI=1S/C10H12N2O3/c1-15-9-3-2-8(7-12-9)6-11-5-4-10(13)14/h2-5,7,11H,6H2,1H3,(H,13,14)/b5-4+. The third kappa shape index (κ3) is 4.12. The van der Waals surface area contributed by atoms with Crippen molar-refractivity contribution in [2.45, 2.75) is 6.54 Å². The Labute approximate surface area is 87.4 Å². The predicted octanol–water partition coefficient (Wildman–Crippen LogP) is 0.778. The van der Waals surface area contributed by atoms with Crippen molar-refractivity contribution in [3.8, 4) is 5.88 Å². The quantitative estimate of drug-likeness (QED) is 0.699. The van der Waals surface area contributed by atoms with E-state index in [1.54, 1.807) is 19.4 Å². The Hall–Kier alpha value is -2.04. The first-order chi connectivity index (χ1) is 7.22. The molecule has 0 fully saturated rings. The summed E-state index contributed by atoms with van der Waals surface area (Å²) in [4.78, 5) is 14.1. The van der Waals surface area contributed by atoms with Crippen LogP contribution < -0.4 is 10.1 Å². The van der Waals surface area contributed by atoms with Gasteiger partial charge in [-0.25, -0.2) is 9.78 Å².